The van der Waals surface area contributed by atoms with E-state index in [-0.39, 0.29) is 53.0 Å². The number of aromatic nitrogens is 1. The molecule has 0 bridgehead atoms. The predicted octanol–water partition coefficient (Wildman–Crippen LogP) is 3.08. The number of hydrogen-bond acceptors (Lipinski definition) is 7. The number of amides is 1. The van der Waals surface area contributed by atoms with Crippen LogP contribution in [-0.2, 0) is 22.9 Å². The standard InChI is InChI=1S/C27H37N3O8S/c1-4-7-23-22(17-32)20(5-2)25(27(34)35)30(23)28-26(33)21-16-19(8-9-24(21)38-6-3)39(36,37)29-13-10-18(11-14-29)12-15-31/h8-9,16-18,31H,4-7,10-15H2,1-3H3,(H,28,33)(H,34,35). The number of carbonyl (C=O) groups is 3. The lowest BCUT2D eigenvalue weighted by atomic mass is 9.95. The zero-order chi connectivity index (χ0) is 28.7. The van der Waals surface area contributed by atoms with E-state index in [1.807, 2.05) is 6.92 Å². The number of ether oxygens (including phenoxy) is 1. The quantitative estimate of drug-likeness (QED) is 0.314. The molecular weight excluding hydrogens is 526 g/mol. The van der Waals surface area contributed by atoms with E-state index >= 15 is 0 Å². The van der Waals surface area contributed by atoms with E-state index in [1.54, 1.807) is 13.8 Å². The summed E-state index contributed by atoms with van der Waals surface area (Å²) in [6, 6.07) is 4.04. The molecule has 0 unspecified atom stereocenters. The maximum atomic E-state index is 13.6. The topological polar surface area (TPSA) is 155 Å². The summed E-state index contributed by atoms with van der Waals surface area (Å²) in [5.74, 6) is -1.67. The lowest BCUT2D eigenvalue weighted by Crippen LogP contribution is -2.38. The van der Waals surface area contributed by atoms with Gasteiger partial charge in [-0.05, 0) is 68.7 Å². The number of benzene rings is 1. The van der Waals surface area contributed by atoms with Crippen molar-refractivity contribution in [2.75, 3.05) is 31.7 Å². The number of nitrogens with one attached hydrogen (secondary N) is 1. The number of aliphatic hydroxyl groups is 1. The van der Waals surface area contributed by atoms with E-state index in [2.05, 4.69) is 5.43 Å². The van der Waals surface area contributed by atoms with Gasteiger partial charge in [0.15, 0.2) is 12.0 Å². The molecule has 1 amide bonds. The molecule has 1 fully saturated rings. The van der Waals surface area contributed by atoms with Gasteiger partial charge in [0.25, 0.3) is 5.91 Å². The Morgan fingerprint density at radius 1 is 1.18 bits per heavy atom. The molecule has 2 aromatic rings. The van der Waals surface area contributed by atoms with Gasteiger partial charge in [-0.3, -0.25) is 15.0 Å². The van der Waals surface area contributed by atoms with Crippen LogP contribution in [0, 0.1) is 5.92 Å². The number of carbonyl (C=O) groups excluding carboxylic acids is 2. The van der Waals surface area contributed by atoms with Crippen LogP contribution < -0.4 is 10.2 Å². The number of rotatable bonds is 13. The molecular formula is C27H37N3O8S. The van der Waals surface area contributed by atoms with E-state index in [1.165, 1.54) is 22.5 Å². The van der Waals surface area contributed by atoms with Gasteiger partial charge in [-0.25, -0.2) is 17.9 Å². The molecule has 0 aliphatic carbocycles. The number of aldehydes is 1. The first-order valence-electron chi connectivity index (χ1n) is 13.3. The van der Waals surface area contributed by atoms with Crippen molar-refractivity contribution in [2.24, 2.45) is 5.92 Å². The third-order valence-electron chi connectivity index (χ3n) is 7.03. The monoisotopic (exact) mass is 563 g/mol. The highest BCUT2D eigenvalue weighted by molar-refractivity contribution is 7.89. The molecule has 0 spiro atoms. The van der Waals surface area contributed by atoms with Crippen LogP contribution in [0.2, 0.25) is 0 Å². The lowest BCUT2D eigenvalue weighted by molar-refractivity contribution is 0.0685. The van der Waals surface area contributed by atoms with Crippen molar-refractivity contribution in [1.82, 2.24) is 8.98 Å². The van der Waals surface area contributed by atoms with E-state index in [0.29, 0.717) is 62.7 Å². The van der Waals surface area contributed by atoms with E-state index in [4.69, 9.17) is 4.74 Å². The molecule has 1 saturated heterocycles. The number of sulfonamides is 1. The van der Waals surface area contributed by atoms with Crippen LogP contribution in [0.4, 0.5) is 0 Å². The summed E-state index contributed by atoms with van der Waals surface area (Å²) < 4.78 is 35.0. The zero-order valence-electron chi connectivity index (χ0n) is 22.6. The fraction of sp³-hybridized carbons (Fsp3) is 0.519. The number of carboxylic acid groups (broad SMARTS) is 1. The van der Waals surface area contributed by atoms with E-state index in [0.717, 1.165) is 4.68 Å². The highest BCUT2D eigenvalue weighted by Gasteiger charge is 2.31. The number of nitrogens with zero attached hydrogens (tertiary/aromatic N) is 2. The molecule has 1 aromatic heterocycles. The number of carboxylic acids is 1. The van der Waals surface area contributed by atoms with Crippen molar-refractivity contribution in [1.29, 1.82) is 0 Å². The maximum absolute atomic E-state index is 13.6. The van der Waals surface area contributed by atoms with Crippen LogP contribution in [0.3, 0.4) is 0 Å². The Hall–Kier alpha value is -3.22. The predicted molar refractivity (Wildman–Crippen MR) is 145 cm³/mol. The smallest absolute Gasteiger partial charge is 0.354 e. The minimum Gasteiger partial charge on any atom is -0.493 e. The van der Waals surface area contributed by atoms with Gasteiger partial charge in [0.05, 0.1) is 22.8 Å². The Labute approximate surface area is 228 Å². The van der Waals surface area contributed by atoms with E-state index < -0.39 is 21.9 Å². The molecule has 1 aliphatic rings. The minimum absolute atomic E-state index is 0.0633. The molecule has 3 rings (SSSR count). The van der Waals surface area contributed by atoms with Gasteiger partial charge < -0.3 is 14.9 Å². The highest BCUT2D eigenvalue weighted by atomic mass is 32.2. The first-order valence-corrected chi connectivity index (χ1v) is 14.7. The number of aliphatic hydroxyl groups excluding tert-OH is 1. The third kappa shape index (κ3) is 6.34. The molecule has 2 heterocycles. The molecule has 0 atom stereocenters. The van der Waals surface area contributed by atoms with Crippen molar-refractivity contribution >= 4 is 28.2 Å². The zero-order valence-corrected chi connectivity index (χ0v) is 23.4. The molecule has 11 nitrogen and oxygen atoms in total. The molecule has 0 radical (unpaired) electrons. The van der Waals surface area contributed by atoms with Gasteiger partial charge in [-0.1, -0.05) is 20.3 Å². The number of hydrogen-bond donors (Lipinski definition) is 3. The number of piperidine rings is 1. The van der Waals surface area contributed by atoms with Crippen LogP contribution in [0.5, 0.6) is 5.75 Å². The van der Waals surface area contributed by atoms with Crippen LogP contribution in [-0.4, -0.2) is 72.1 Å². The number of aromatic carboxylic acids is 1. The van der Waals surface area contributed by atoms with Crippen LogP contribution in [0.15, 0.2) is 23.1 Å². The summed E-state index contributed by atoms with van der Waals surface area (Å²) in [4.78, 5) is 37.6. The van der Waals surface area contributed by atoms with Crippen LogP contribution in [0.1, 0.15) is 88.9 Å². The molecule has 3 N–H and O–H groups in total. The first-order chi connectivity index (χ1) is 18.6. The lowest BCUT2D eigenvalue weighted by Gasteiger charge is -2.31. The summed E-state index contributed by atoms with van der Waals surface area (Å²) in [7, 11) is -3.92. The minimum atomic E-state index is -3.92. The second kappa shape index (κ2) is 13.2. The fourth-order valence-corrected chi connectivity index (χ4v) is 6.58. The van der Waals surface area contributed by atoms with Crippen LogP contribution in [0.25, 0.3) is 0 Å². The van der Waals surface area contributed by atoms with Gasteiger partial charge in [0, 0.05) is 25.3 Å². The molecule has 39 heavy (non-hydrogen) atoms. The SMILES string of the molecule is CCCc1c(C=O)c(CC)c(C(=O)O)n1NC(=O)c1cc(S(=O)(=O)N2CCC(CCO)CC2)ccc1OCC. The largest absolute Gasteiger partial charge is 0.493 e. The first kappa shape index (κ1) is 30.3. The Kier molecular flexibility index (Phi) is 10.3. The molecule has 1 aliphatic heterocycles. The molecule has 214 valence electrons. The van der Waals surface area contributed by atoms with E-state index in [9.17, 15) is 33.0 Å². The maximum Gasteiger partial charge on any atom is 0.354 e. The fourth-order valence-electron chi connectivity index (χ4n) is 5.08. The van der Waals surface area contributed by atoms with Crippen molar-refractivity contribution in [3.8, 4) is 5.75 Å². The second-order valence-electron chi connectivity index (χ2n) is 9.44. The van der Waals surface area contributed by atoms with Gasteiger partial charge >= 0.3 is 5.97 Å². The summed E-state index contributed by atoms with van der Waals surface area (Å²) in [6.07, 6.45) is 3.70. The summed E-state index contributed by atoms with van der Waals surface area (Å²) in [5, 5.41) is 19.1. The third-order valence-corrected chi connectivity index (χ3v) is 8.93. The van der Waals surface area contributed by atoms with Crippen molar-refractivity contribution in [2.45, 2.75) is 64.2 Å². The normalized spacial score (nSPS) is 14.8. The van der Waals surface area contributed by atoms with Crippen LogP contribution >= 0.6 is 0 Å². The van der Waals surface area contributed by atoms with Gasteiger partial charge in [0.1, 0.15) is 5.75 Å². The average molecular weight is 564 g/mol. The van der Waals surface area contributed by atoms with Gasteiger partial charge in [-0.15, -0.1) is 0 Å². The summed E-state index contributed by atoms with van der Waals surface area (Å²) in [6.45, 7) is 6.21. The molecule has 0 saturated carbocycles. The average Bonchev–Trinajstić information content (AvgIpc) is 3.21. The molecule has 1 aromatic carbocycles. The van der Waals surface area contributed by atoms with Crippen molar-refractivity contribution < 1.29 is 37.8 Å². The Morgan fingerprint density at radius 2 is 1.87 bits per heavy atom. The van der Waals surface area contributed by atoms with Gasteiger partial charge in [0.2, 0.25) is 10.0 Å². The summed E-state index contributed by atoms with van der Waals surface area (Å²) in [5.41, 5.74) is 3.20. The molecule has 12 heteroatoms. The van der Waals surface area contributed by atoms with Crippen molar-refractivity contribution in [3.63, 3.8) is 0 Å². The Balaban J connectivity index is 2.03. The Bertz CT molecular complexity index is 1310. The highest BCUT2D eigenvalue weighted by Crippen LogP contribution is 2.30. The van der Waals surface area contributed by atoms with Gasteiger partial charge in [-0.2, -0.15) is 4.31 Å². The Morgan fingerprint density at radius 3 is 2.41 bits per heavy atom. The second-order valence-corrected chi connectivity index (χ2v) is 11.4. The van der Waals surface area contributed by atoms with Crippen molar-refractivity contribution in [3.05, 3.63) is 46.3 Å². The summed E-state index contributed by atoms with van der Waals surface area (Å²) >= 11 is 0.